The number of carbonyl (C=O) groups excluding carboxylic acids is 1. The first-order valence-electron chi connectivity index (χ1n) is 8.70. The summed E-state index contributed by atoms with van der Waals surface area (Å²) in [5.41, 5.74) is 0.434. The number of aromatic nitrogens is 1. The van der Waals surface area contributed by atoms with Gasteiger partial charge in [0.05, 0.1) is 18.9 Å². The van der Waals surface area contributed by atoms with Gasteiger partial charge in [0.2, 0.25) is 11.7 Å². The molecule has 1 amide bonds. The minimum absolute atomic E-state index is 0.0462. The van der Waals surface area contributed by atoms with Crippen LogP contribution in [0.1, 0.15) is 6.42 Å². The zero-order valence-corrected chi connectivity index (χ0v) is 16.5. The molecule has 0 bridgehead atoms. The molecule has 30 heavy (non-hydrogen) atoms. The molecule has 1 aromatic carbocycles. The van der Waals surface area contributed by atoms with Crippen LogP contribution in [0.4, 0.5) is 28.9 Å². The van der Waals surface area contributed by atoms with Gasteiger partial charge in [-0.25, -0.2) is 9.37 Å². The van der Waals surface area contributed by atoms with Crippen LogP contribution in [-0.2, 0) is 9.53 Å². The van der Waals surface area contributed by atoms with Gasteiger partial charge in [-0.2, -0.15) is 13.2 Å². The maximum atomic E-state index is 14.2. The van der Waals surface area contributed by atoms with E-state index < -0.39 is 42.0 Å². The fourth-order valence-corrected chi connectivity index (χ4v) is 3.59. The van der Waals surface area contributed by atoms with Gasteiger partial charge in [0, 0.05) is 24.8 Å². The average molecular weight is 446 g/mol. The number of benzene rings is 1. The first-order valence-corrected chi connectivity index (χ1v) is 9.58. The number of nitrogens with zero attached hydrogens (tertiary/aromatic N) is 2. The molecule has 2 unspecified atom stereocenters. The van der Waals surface area contributed by atoms with Crippen LogP contribution < -0.4 is 20.1 Å². The maximum absolute atomic E-state index is 14.2. The van der Waals surface area contributed by atoms with Crippen LogP contribution in [0, 0.1) is 11.6 Å². The van der Waals surface area contributed by atoms with Gasteiger partial charge in [-0.15, -0.1) is 0 Å². The Morgan fingerprint density at radius 3 is 2.80 bits per heavy atom. The Labute approximate surface area is 173 Å². The number of amides is 1. The van der Waals surface area contributed by atoms with E-state index in [1.54, 1.807) is 0 Å². The summed E-state index contributed by atoms with van der Waals surface area (Å²) >= 11 is 0.885. The van der Waals surface area contributed by atoms with Crippen molar-refractivity contribution in [2.45, 2.75) is 30.2 Å². The summed E-state index contributed by atoms with van der Waals surface area (Å²) in [6, 6.07) is 4.15. The smallest absolute Gasteiger partial charge is 0.345 e. The molecule has 0 saturated carbocycles. The molecule has 3 N–H and O–H groups in total. The Kier molecular flexibility index (Phi) is 7.00. The second-order valence-corrected chi connectivity index (χ2v) is 6.98. The minimum atomic E-state index is -3.05. The molecule has 2 aromatic rings. The molecule has 2 heterocycles. The van der Waals surface area contributed by atoms with Crippen molar-refractivity contribution in [2.75, 3.05) is 23.9 Å². The van der Waals surface area contributed by atoms with Gasteiger partial charge < -0.3 is 19.7 Å². The lowest BCUT2D eigenvalue weighted by atomic mass is 10.1. The molecular weight excluding hydrogens is 428 g/mol. The fourth-order valence-electron chi connectivity index (χ4n) is 3.28. The highest BCUT2D eigenvalue weighted by Crippen LogP contribution is 2.38. The van der Waals surface area contributed by atoms with Gasteiger partial charge in [-0.3, -0.25) is 9.93 Å². The zero-order chi connectivity index (χ0) is 21.8. The van der Waals surface area contributed by atoms with Crippen LogP contribution in [0.25, 0.3) is 0 Å². The Hall–Kier alpha value is -2.57. The van der Waals surface area contributed by atoms with Crippen LogP contribution in [0.3, 0.4) is 0 Å². The van der Waals surface area contributed by atoms with E-state index in [1.807, 2.05) is 0 Å². The summed E-state index contributed by atoms with van der Waals surface area (Å²) in [5, 5.41) is 8.57. The number of hydrogen-bond donors (Lipinski definition) is 2. The van der Waals surface area contributed by atoms with E-state index in [9.17, 15) is 22.4 Å². The Bertz CT molecular complexity index is 921. The topological polar surface area (TPSA) is 89.7 Å². The predicted octanol–water partition coefficient (Wildman–Crippen LogP) is 3.16. The van der Waals surface area contributed by atoms with E-state index >= 15 is 0 Å². The molecular formula is C18H18F4N4O3S. The molecule has 1 aromatic heterocycles. The van der Waals surface area contributed by atoms with E-state index in [-0.39, 0.29) is 18.7 Å². The van der Waals surface area contributed by atoms with Crippen molar-refractivity contribution in [3.05, 3.63) is 42.1 Å². The van der Waals surface area contributed by atoms with Gasteiger partial charge in [0.1, 0.15) is 11.1 Å². The van der Waals surface area contributed by atoms with Crippen molar-refractivity contribution in [1.29, 1.82) is 0 Å². The molecule has 0 aliphatic carbocycles. The third kappa shape index (κ3) is 4.77. The number of nitrogens with two attached hydrogens (primary N) is 1. The van der Waals surface area contributed by atoms with Crippen molar-refractivity contribution in [1.82, 2.24) is 4.98 Å². The van der Waals surface area contributed by atoms with Crippen molar-refractivity contribution >= 4 is 29.2 Å². The molecule has 0 spiro atoms. The van der Waals surface area contributed by atoms with Crippen LogP contribution in [0.2, 0.25) is 0 Å². The Morgan fingerprint density at radius 1 is 1.37 bits per heavy atom. The number of nitrogens with one attached hydrogen (secondary N) is 1. The Morgan fingerprint density at radius 2 is 2.13 bits per heavy atom. The molecule has 0 radical (unpaired) electrons. The number of anilines is 2. The number of ether oxygens (including phenoxy) is 2. The summed E-state index contributed by atoms with van der Waals surface area (Å²) in [7, 11) is 1.14. The fraction of sp³-hybridized carbons (Fsp3) is 0.333. The molecule has 3 rings (SSSR count). The van der Waals surface area contributed by atoms with Gasteiger partial charge in [-0.05, 0) is 36.2 Å². The number of pyridine rings is 1. The summed E-state index contributed by atoms with van der Waals surface area (Å²) in [5.74, 6) is -3.37. The van der Waals surface area contributed by atoms with Gasteiger partial charge >= 0.3 is 6.61 Å². The highest BCUT2D eigenvalue weighted by molar-refractivity contribution is 7.97. The summed E-state index contributed by atoms with van der Waals surface area (Å²) in [4.78, 5) is 18.3. The normalized spacial score (nSPS) is 18.7. The number of methoxy groups -OCH3 is 1. The zero-order valence-electron chi connectivity index (χ0n) is 15.6. The van der Waals surface area contributed by atoms with E-state index in [0.29, 0.717) is 10.7 Å². The van der Waals surface area contributed by atoms with E-state index in [0.717, 1.165) is 25.1 Å². The van der Waals surface area contributed by atoms with Gasteiger partial charge in [0.25, 0.3) is 0 Å². The molecule has 1 aliphatic rings. The summed E-state index contributed by atoms with van der Waals surface area (Å²) < 4.78 is 62.8. The van der Waals surface area contributed by atoms with Gasteiger partial charge in [0.15, 0.2) is 11.6 Å². The highest BCUT2D eigenvalue weighted by Gasteiger charge is 2.40. The second-order valence-electron chi connectivity index (χ2n) is 6.33. The van der Waals surface area contributed by atoms with Crippen molar-refractivity contribution in [3.8, 4) is 5.75 Å². The Balaban J connectivity index is 1.91. The SMILES string of the molecule is COc1c(N2CC(OC(F)F)CC2C(=O)Nc2ccnc(SN)c2)ccc(F)c1F. The monoisotopic (exact) mass is 446 g/mol. The quantitative estimate of drug-likeness (QED) is 0.499. The largest absolute Gasteiger partial charge is 0.491 e. The number of carbonyl (C=O) groups is 1. The maximum Gasteiger partial charge on any atom is 0.345 e. The average Bonchev–Trinajstić information content (AvgIpc) is 3.13. The molecule has 1 saturated heterocycles. The molecule has 1 fully saturated rings. The van der Waals surface area contributed by atoms with E-state index in [4.69, 9.17) is 9.88 Å². The van der Waals surface area contributed by atoms with Gasteiger partial charge in [-0.1, -0.05) is 0 Å². The molecule has 12 heteroatoms. The highest BCUT2D eigenvalue weighted by atomic mass is 32.2. The third-order valence-corrected chi connectivity index (χ3v) is 4.99. The lowest BCUT2D eigenvalue weighted by Crippen LogP contribution is -2.40. The number of alkyl halides is 2. The third-order valence-electron chi connectivity index (χ3n) is 4.53. The number of rotatable bonds is 7. The van der Waals surface area contributed by atoms with Crippen molar-refractivity contribution in [3.63, 3.8) is 0 Å². The number of hydrogen-bond acceptors (Lipinski definition) is 7. The standard InChI is InChI=1S/C18H18F4N4O3S/c1-28-16-12(3-2-11(19)15(16)20)26-8-10(29-18(21)22)7-13(26)17(27)25-9-4-5-24-14(6-9)30-23/h2-6,10,13,18H,7-8,23H2,1H3,(H,24,25,27). The van der Waals surface area contributed by atoms with Crippen molar-refractivity contribution in [2.24, 2.45) is 5.14 Å². The lowest BCUT2D eigenvalue weighted by Gasteiger charge is -2.27. The molecule has 162 valence electrons. The molecule has 1 aliphatic heterocycles. The number of halogens is 4. The first kappa shape index (κ1) is 22.1. The molecule has 2 atom stereocenters. The van der Waals surface area contributed by atoms with E-state index in [1.165, 1.54) is 29.3 Å². The van der Waals surface area contributed by atoms with Crippen LogP contribution >= 0.6 is 11.9 Å². The van der Waals surface area contributed by atoms with Crippen molar-refractivity contribution < 1.29 is 31.8 Å². The predicted molar refractivity (Wildman–Crippen MR) is 102 cm³/mol. The summed E-state index contributed by atoms with van der Waals surface area (Å²) in [6.45, 7) is -3.20. The van der Waals surface area contributed by atoms with Crippen LogP contribution in [0.5, 0.6) is 5.75 Å². The summed E-state index contributed by atoms with van der Waals surface area (Å²) in [6.07, 6.45) is 0.339. The van der Waals surface area contributed by atoms with E-state index in [2.05, 4.69) is 15.0 Å². The van der Waals surface area contributed by atoms with Crippen LogP contribution in [0.15, 0.2) is 35.5 Å². The lowest BCUT2D eigenvalue weighted by molar-refractivity contribution is -0.157. The second kappa shape index (κ2) is 9.49. The minimum Gasteiger partial charge on any atom is -0.491 e. The first-order chi connectivity index (χ1) is 14.3. The van der Waals surface area contributed by atoms with Crippen LogP contribution in [-0.4, -0.2) is 43.3 Å². The molecule has 7 nitrogen and oxygen atoms in total.